The standard InChI is InChI=1S/C15H16BrNO2/c1-19-15-7-5-11(9-13(15)16)4-6-14(18)12-3-2-8-17-10-12/h2-3,5,7-10,14,18H,4,6H2,1H3. The summed E-state index contributed by atoms with van der Waals surface area (Å²) < 4.78 is 6.12. The van der Waals surface area contributed by atoms with Crippen LogP contribution in [0.25, 0.3) is 0 Å². The molecule has 0 aliphatic rings. The first-order valence-electron chi connectivity index (χ1n) is 6.11. The molecule has 3 nitrogen and oxygen atoms in total. The van der Waals surface area contributed by atoms with Gasteiger partial charge in [0, 0.05) is 12.4 Å². The highest BCUT2D eigenvalue weighted by molar-refractivity contribution is 9.10. The number of aliphatic hydroxyl groups excluding tert-OH is 1. The first-order chi connectivity index (χ1) is 9.20. The molecule has 0 spiro atoms. The van der Waals surface area contributed by atoms with Gasteiger partial charge in [0.2, 0.25) is 0 Å². The van der Waals surface area contributed by atoms with E-state index in [1.54, 1.807) is 19.5 Å². The Balaban J connectivity index is 1.97. The highest BCUT2D eigenvalue weighted by Gasteiger charge is 2.08. The first-order valence-corrected chi connectivity index (χ1v) is 6.90. The van der Waals surface area contributed by atoms with Gasteiger partial charge < -0.3 is 9.84 Å². The summed E-state index contributed by atoms with van der Waals surface area (Å²) in [7, 11) is 1.64. The van der Waals surface area contributed by atoms with E-state index in [1.807, 2.05) is 30.3 Å². The zero-order valence-corrected chi connectivity index (χ0v) is 12.3. The van der Waals surface area contributed by atoms with E-state index in [4.69, 9.17) is 4.74 Å². The number of aryl methyl sites for hydroxylation is 1. The van der Waals surface area contributed by atoms with Gasteiger partial charge in [-0.05, 0) is 58.1 Å². The van der Waals surface area contributed by atoms with Crippen LogP contribution in [0, 0.1) is 0 Å². The van der Waals surface area contributed by atoms with Crippen LogP contribution < -0.4 is 4.74 Å². The number of nitrogens with zero attached hydrogens (tertiary/aromatic N) is 1. The third-order valence-electron chi connectivity index (χ3n) is 2.99. The molecule has 0 amide bonds. The molecule has 0 aliphatic heterocycles. The van der Waals surface area contributed by atoms with E-state index in [-0.39, 0.29) is 0 Å². The summed E-state index contributed by atoms with van der Waals surface area (Å²) in [4.78, 5) is 4.01. The van der Waals surface area contributed by atoms with Crippen LogP contribution in [0.15, 0.2) is 47.2 Å². The van der Waals surface area contributed by atoms with Crippen molar-refractivity contribution >= 4 is 15.9 Å². The van der Waals surface area contributed by atoms with Gasteiger partial charge in [-0.3, -0.25) is 4.98 Å². The number of methoxy groups -OCH3 is 1. The molecule has 1 unspecified atom stereocenters. The molecule has 0 saturated carbocycles. The lowest BCUT2D eigenvalue weighted by atomic mass is 10.0. The summed E-state index contributed by atoms with van der Waals surface area (Å²) in [6.07, 6.45) is 4.41. The quantitative estimate of drug-likeness (QED) is 0.916. The molecule has 100 valence electrons. The van der Waals surface area contributed by atoms with Crippen molar-refractivity contribution in [3.63, 3.8) is 0 Å². The number of pyridine rings is 1. The Labute approximate surface area is 121 Å². The second-order valence-corrected chi connectivity index (χ2v) is 5.16. The predicted octanol–water partition coefficient (Wildman–Crippen LogP) is 3.52. The SMILES string of the molecule is COc1ccc(CCC(O)c2cccnc2)cc1Br. The number of hydrogen-bond acceptors (Lipinski definition) is 3. The van der Waals surface area contributed by atoms with Crippen LogP contribution in [0.3, 0.4) is 0 Å². The molecule has 1 aromatic heterocycles. The second-order valence-electron chi connectivity index (χ2n) is 4.31. The molecular weight excluding hydrogens is 306 g/mol. The van der Waals surface area contributed by atoms with Crippen molar-refractivity contribution in [2.45, 2.75) is 18.9 Å². The molecular formula is C15H16BrNO2. The number of benzene rings is 1. The largest absolute Gasteiger partial charge is 0.496 e. The molecule has 1 atom stereocenters. The maximum absolute atomic E-state index is 10.1. The molecule has 19 heavy (non-hydrogen) atoms. The molecule has 1 aromatic carbocycles. The van der Waals surface area contributed by atoms with Gasteiger partial charge in [-0.15, -0.1) is 0 Å². The van der Waals surface area contributed by atoms with Gasteiger partial charge in [-0.2, -0.15) is 0 Å². The summed E-state index contributed by atoms with van der Waals surface area (Å²) in [5, 5.41) is 10.1. The number of aromatic nitrogens is 1. The highest BCUT2D eigenvalue weighted by Crippen LogP contribution is 2.27. The van der Waals surface area contributed by atoms with Crippen molar-refractivity contribution in [1.82, 2.24) is 4.98 Å². The van der Waals surface area contributed by atoms with Crippen molar-refractivity contribution in [3.05, 3.63) is 58.3 Å². The van der Waals surface area contributed by atoms with E-state index >= 15 is 0 Å². The van der Waals surface area contributed by atoms with Crippen molar-refractivity contribution in [2.75, 3.05) is 7.11 Å². The van der Waals surface area contributed by atoms with Crippen LogP contribution in [0.5, 0.6) is 5.75 Å². The van der Waals surface area contributed by atoms with Gasteiger partial charge in [-0.1, -0.05) is 12.1 Å². The smallest absolute Gasteiger partial charge is 0.133 e. The second kappa shape index (κ2) is 6.68. The highest BCUT2D eigenvalue weighted by atomic mass is 79.9. The van der Waals surface area contributed by atoms with E-state index in [2.05, 4.69) is 20.9 Å². The molecule has 2 aromatic rings. The number of halogens is 1. The molecule has 1 heterocycles. The van der Waals surface area contributed by atoms with Gasteiger partial charge in [0.1, 0.15) is 5.75 Å². The average Bonchev–Trinajstić information content (AvgIpc) is 2.46. The minimum Gasteiger partial charge on any atom is -0.496 e. The van der Waals surface area contributed by atoms with Crippen LogP contribution in [0.1, 0.15) is 23.7 Å². The number of rotatable bonds is 5. The Hall–Kier alpha value is -1.39. The molecule has 1 N–H and O–H groups in total. The van der Waals surface area contributed by atoms with Crippen molar-refractivity contribution in [1.29, 1.82) is 0 Å². The number of ether oxygens (including phenoxy) is 1. The van der Waals surface area contributed by atoms with Crippen molar-refractivity contribution < 1.29 is 9.84 Å². The molecule has 2 rings (SSSR count). The predicted molar refractivity (Wildman–Crippen MR) is 78.2 cm³/mol. The summed E-state index contributed by atoms with van der Waals surface area (Å²) in [5.41, 5.74) is 2.02. The lowest BCUT2D eigenvalue weighted by Crippen LogP contribution is -2.00. The molecule has 0 radical (unpaired) electrons. The maximum atomic E-state index is 10.1. The van der Waals surface area contributed by atoms with Gasteiger partial charge in [0.25, 0.3) is 0 Å². The van der Waals surface area contributed by atoms with E-state index in [0.29, 0.717) is 6.42 Å². The lowest BCUT2D eigenvalue weighted by Gasteiger charge is -2.11. The van der Waals surface area contributed by atoms with E-state index in [1.165, 1.54) is 0 Å². The Kier molecular flexibility index (Phi) is 4.93. The zero-order chi connectivity index (χ0) is 13.7. The van der Waals surface area contributed by atoms with Gasteiger partial charge >= 0.3 is 0 Å². The fourth-order valence-electron chi connectivity index (χ4n) is 1.91. The Morgan fingerprint density at radius 3 is 2.84 bits per heavy atom. The Morgan fingerprint density at radius 2 is 2.21 bits per heavy atom. The Morgan fingerprint density at radius 1 is 1.37 bits per heavy atom. The molecule has 0 bridgehead atoms. The Bertz CT molecular complexity index is 531. The van der Waals surface area contributed by atoms with Crippen LogP contribution >= 0.6 is 15.9 Å². The lowest BCUT2D eigenvalue weighted by molar-refractivity contribution is 0.167. The normalized spacial score (nSPS) is 12.2. The van der Waals surface area contributed by atoms with E-state index in [0.717, 1.165) is 27.8 Å². The minimum atomic E-state index is -0.477. The van der Waals surface area contributed by atoms with Crippen molar-refractivity contribution in [3.8, 4) is 5.75 Å². The summed E-state index contributed by atoms with van der Waals surface area (Å²) >= 11 is 3.46. The molecule has 0 aliphatic carbocycles. The zero-order valence-electron chi connectivity index (χ0n) is 10.7. The maximum Gasteiger partial charge on any atom is 0.133 e. The monoisotopic (exact) mass is 321 g/mol. The minimum absolute atomic E-state index is 0.477. The topological polar surface area (TPSA) is 42.4 Å². The summed E-state index contributed by atoms with van der Waals surface area (Å²) in [5.74, 6) is 0.816. The number of aliphatic hydroxyl groups is 1. The third kappa shape index (κ3) is 3.78. The van der Waals surface area contributed by atoms with Crippen LogP contribution in [-0.2, 0) is 6.42 Å². The third-order valence-corrected chi connectivity index (χ3v) is 3.61. The summed E-state index contributed by atoms with van der Waals surface area (Å²) in [6, 6.07) is 9.69. The fraction of sp³-hybridized carbons (Fsp3) is 0.267. The average molecular weight is 322 g/mol. The molecule has 0 saturated heterocycles. The van der Waals surface area contributed by atoms with Crippen LogP contribution in [-0.4, -0.2) is 17.2 Å². The molecule has 4 heteroatoms. The fourth-order valence-corrected chi connectivity index (χ4v) is 2.50. The van der Waals surface area contributed by atoms with Crippen LogP contribution in [0.4, 0.5) is 0 Å². The van der Waals surface area contributed by atoms with Gasteiger partial charge in [-0.25, -0.2) is 0 Å². The first kappa shape index (κ1) is 14.0. The van der Waals surface area contributed by atoms with Gasteiger partial charge in [0.15, 0.2) is 0 Å². The molecule has 0 fully saturated rings. The van der Waals surface area contributed by atoms with Crippen LogP contribution in [0.2, 0.25) is 0 Å². The van der Waals surface area contributed by atoms with E-state index in [9.17, 15) is 5.11 Å². The number of hydrogen-bond donors (Lipinski definition) is 1. The van der Waals surface area contributed by atoms with Crippen molar-refractivity contribution in [2.24, 2.45) is 0 Å². The summed E-state index contributed by atoms with van der Waals surface area (Å²) in [6.45, 7) is 0. The van der Waals surface area contributed by atoms with E-state index < -0.39 is 6.10 Å². The van der Waals surface area contributed by atoms with Gasteiger partial charge in [0.05, 0.1) is 17.7 Å².